The molecular formula is C45H87N3O2. The minimum atomic E-state index is -0.389. The summed E-state index contributed by atoms with van der Waals surface area (Å²) >= 11 is 0. The molecular weight excluding hydrogens is 615 g/mol. The summed E-state index contributed by atoms with van der Waals surface area (Å²) in [5.41, 5.74) is 0.167. The van der Waals surface area contributed by atoms with E-state index < -0.39 is 0 Å². The van der Waals surface area contributed by atoms with Crippen molar-refractivity contribution in [2.45, 2.75) is 226 Å². The second-order valence-corrected chi connectivity index (χ2v) is 15.9. The Bertz CT molecular complexity index is 908. The van der Waals surface area contributed by atoms with Crippen molar-refractivity contribution >= 4 is 11.4 Å². The van der Waals surface area contributed by atoms with E-state index in [1.165, 1.54) is 205 Å². The van der Waals surface area contributed by atoms with Gasteiger partial charge in [0.25, 0.3) is 10.9 Å². The van der Waals surface area contributed by atoms with Crippen LogP contribution in [0.25, 0.3) is 0 Å². The molecule has 5 nitrogen and oxygen atoms in total. The maximum absolute atomic E-state index is 12.0. The first kappa shape index (κ1) is 46.7. The van der Waals surface area contributed by atoms with Gasteiger partial charge in [0, 0.05) is 20.1 Å². The van der Waals surface area contributed by atoms with E-state index in [4.69, 9.17) is 0 Å². The lowest BCUT2D eigenvalue weighted by Gasteiger charge is -2.23. The van der Waals surface area contributed by atoms with E-state index >= 15 is 0 Å². The van der Waals surface area contributed by atoms with Crippen LogP contribution in [0.5, 0.6) is 0 Å². The summed E-state index contributed by atoms with van der Waals surface area (Å²) in [7, 11) is 1.71. The highest BCUT2D eigenvalue weighted by molar-refractivity contribution is 5.73. The van der Waals surface area contributed by atoms with Crippen LogP contribution in [0.3, 0.4) is 0 Å². The van der Waals surface area contributed by atoms with Crippen molar-refractivity contribution in [2.24, 2.45) is 5.92 Å². The molecule has 0 atom stereocenters. The van der Waals surface area contributed by atoms with Crippen LogP contribution in [0.1, 0.15) is 226 Å². The van der Waals surface area contributed by atoms with Crippen molar-refractivity contribution in [1.29, 1.82) is 0 Å². The molecule has 1 rings (SSSR count). The Morgan fingerprint density at radius 3 is 1.10 bits per heavy atom. The first-order valence-corrected chi connectivity index (χ1v) is 22.6. The molecule has 5 heteroatoms. The molecule has 0 aliphatic heterocycles. The van der Waals surface area contributed by atoms with Gasteiger partial charge in [0.05, 0.1) is 0 Å². The lowest BCUT2D eigenvalue weighted by molar-refractivity contribution is 0.269. The van der Waals surface area contributed by atoms with E-state index in [1.54, 1.807) is 7.05 Å². The molecule has 2 N–H and O–H groups in total. The highest BCUT2D eigenvalue weighted by Crippen LogP contribution is 2.25. The van der Waals surface area contributed by atoms with Crippen molar-refractivity contribution in [1.82, 2.24) is 4.90 Å². The minimum Gasteiger partial charge on any atom is -0.383 e. The number of hydrogen-bond acceptors (Lipinski definition) is 5. The van der Waals surface area contributed by atoms with Crippen LogP contribution in [0.15, 0.2) is 9.59 Å². The van der Waals surface area contributed by atoms with E-state index in [0.29, 0.717) is 11.4 Å². The fourth-order valence-corrected chi connectivity index (χ4v) is 7.81. The summed E-state index contributed by atoms with van der Waals surface area (Å²) < 4.78 is 0. The second kappa shape index (κ2) is 34.7. The molecule has 0 saturated heterocycles. The zero-order chi connectivity index (χ0) is 36.3. The van der Waals surface area contributed by atoms with E-state index in [9.17, 15) is 9.59 Å². The summed E-state index contributed by atoms with van der Waals surface area (Å²) in [6.45, 7) is 10.9. The molecule has 50 heavy (non-hydrogen) atoms. The van der Waals surface area contributed by atoms with Crippen LogP contribution in [-0.2, 0) is 0 Å². The first-order chi connectivity index (χ1) is 24.6. The number of rotatable bonds is 40. The number of nitrogens with zero attached hydrogens (tertiary/aromatic N) is 1. The van der Waals surface area contributed by atoms with Gasteiger partial charge in [0.15, 0.2) is 0 Å². The predicted molar refractivity (Wildman–Crippen MR) is 224 cm³/mol. The van der Waals surface area contributed by atoms with Gasteiger partial charge in [-0.15, -0.1) is 0 Å². The van der Waals surface area contributed by atoms with Crippen molar-refractivity contribution in [3.05, 3.63) is 20.4 Å². The van der Waals surface area contributed by atoms with Gasteiger partial charge in [-0.2, -0.15) is 0 Å². The fraction of sp³-hybridized carbons (Fsp3) is 0.911. The van der Waals surface area contributed by atoms with Gasteiger partial charge in [0.2, 0.25) is 0 Å². The lowest BCUT2D eigenvalue weighted by Crippen LogP contribution is -2.38. The average molecular weight is 702 g/mol. The molecule has 1 aromatic rings. The number of nitrogens with one attached hydrogen (secondary N) is 2. The van der Waals surface area contributed by atoms with E-state index in [0.717, 1.165) is 32.1 Å². The Morgan fingerprint density at radius 2 is 0.740 bits per heavy atom. The molecule has 294 valence electrons. The molecule has 0 aromatic heterocycles. The van der Waals surface area contributed by atoms with Crippen LogP contribution >= 0.6 is 0 Å². The Morgan fingerprint density at radius 1 is 0.420 bits per heavy atom. The normalized spacial score (nSPS) is 11.8. The summed E-state index contributed by atoms with van der Waals surface area (Å²) in [4.78, 5) is 26.4. The van der Waals surface area contributed by atoms with Crippen LogP contribution < -0.4 is 21.5 Å². The van der Waals surface area contributed by atoms with E-state index in [-0.39, 0.29) is 10.9 Å². The molecule has 0 aliphatic rings. The predicted octanol–water partition coefficient (Wildman–Crippen LogP) is 13.2. The molecule has 0 saturated carbocycles. The van der Waals surface area contributed by atoms with Crippen molar-refractivity contribution in [3.8, 4) is 0 Å². The van der Waals surface area contributed by atoms with E-state index in [2.05, 4.69) is 36.3 Å². The van der Waals surface area contributed by atoms with Crippen LogP contribution in [-0.4, -0.2) is 38.1 Å². The number of unbranched alkanes of at least 4 members (excludes halogenated alkanes) is 25. The second-order valence-electron chi connectivity index (χ2n) is 15.9. The smallest absolute Gasteiger partial charge is 0.253 e. The van der Waals surface area contributed by atoms with Gasteiger partial charge in [0.1, 0.15) is 11.4 Å². The summed E-state index contributed by atoms with van der Waals surface area (Å²) in [5, 5.41) is 6.15. The van der Waals surface area contributed by atoms with Gasteiger partial charge in [-0.25, -0.2) is 0 Å². The highest BCUT2D eigenvalue weighted by Gasteiger charge is 2.19. The zero-order valence-corrected chi connectivity index (χ0v) is 34.3. The van der Waals surface area contributed by atoms with Crippen LogP contribution in [0.4, 0.5) is 11.4 Å². The highest BCUT2D eigenvalue weighted by atomic mass is 16.2. The number of hydrogen-bond donors (Lipinski definition) is 2. The van der Waals surface area contributed by atoms with Gasteiger partial charge < -0.3 is 15.5 Å². The standard InChI is InChI=1S/C45H87N3O2/c1-5-8-11-14-17-18-19-20-21-22-27-32-38-48(40-37-47-43-42(46-4)44(49)45(43)50)39-33-28-23-26-31-36-41(34-29-24-15-12-9-6-2)35-30-25-16-13-10-7-3/h41,46-47H,5-40H2,1-4H3. The van der Waals surface area contributed by atoms with Crippen molar-refractivity contribution in [2.75, 3.05) is 43.9 Å². The minimum absolute atomic E-state index is 0.372. The average Bonchev–Trinajstić information content (AvgIpc) is 3.13. The molecule has 1 aromatic carbocycles. The van der Waals surface area contributed by atoms with Crippen LogP contribution in [0, 0.1) is 5.92 Å². The van der Waals surface area contributed by atoms with Gasteiger partial charge in [-0.3, -0.25) is 9.59 Å². The van der Waals surface area contributed by atoms with Gasteiger partial charge in [-0.1, -0.05) is 213 Å². The summed E-state index contributed by atoms with van der Waals surface area (Å²) in [5.74, 6) is 0.960. The Hall–Kier alpha value is -1.36. The topological polar surface area (TPSA) is 61.4 Å². The fourth-order valence-electron chi connectivity index (χ4n) is 7.81. The summed E-state index contributed by atoms with van der Waals surface area (Å²) in [6, 6.07) is 0. The molecule has 0 fully saturated rings. The third kappa shape index (κ3) is 24.8. The molecule has 0 amide bonds. The van der Waals surface area contributed by atoms with Crippen LogP contribution in [0.2, 0.25) is 0 Å². The molecule has 0 heterocycles. The third-order valence-electron chi connectivity index (χ3n) is 11.2. The van der Waals surface area contributed by atoms with Gasteiger partial charge >= 0.3 is 0 Å². The zero-order valence-electron chi connectivity index (χ0n) is 34.3. The largest absolute Gasteiger partial charge is 0.383 e. The first-order valence-electron chi connectivity index (χ1n) is 22.6. The third-order valence-corrected chi connectivity index (χ3v) is 11.2. The number of anilines is 2. The molecule has 0 radical (unpaired) electrons. The molecule has 0 spiro atoms. The maximum Gasteiger partial charge on any atom is 0.253 e. The van der Waals surface area contributed by atoms with Crippen molar-refractivity contribution < 1.29 is 0 Å². The van der Waals surface area contributed by atoms with E-state index in [1.807, 2.05) is 0 Å². The van der Waals surface area contributed by atoms with Gasteiger partial charge in [-0.05, 0) is 31.8 Å². The lowest BCUT2D eigenvalue weighted by atomic mass is 9.89. The maximum atomic E-state index is 12.0. The quantitative estimate of drug-likeness (QED) is 0.0527. The van der Waals surface area contributed by atoms with Crippen molar-refractivity contribution in [3.63, 3.8) is 0 Å². The Balaban J connectivity index is 2.35. The molecule has 0 bridgehead atoms. The summed E-state index contributed by atoms with van der Waals surface area (Å²) in [6.07, 6.45) is 44.7. The Kier molecular flexibility index (Phi) is 32.4. The monoisotopic (exact) mass is 702 g/mol. The molecule has 0 unspecified atom stereocenters. The molecule has 0 aliphatic carbocycles. The Labute approximate surface area is 312 Å². The SMILES string of the molecule is CCCCCCCCCCCCCCN(CCCCCCCC(CCCCCCCC)CCCCCCCC)CCNc1c(NC)c(=O)c1=O.